The molecule has 0 saturated carbocycles. The van der Waals surface area contributed by atoms with Gasteiger partial charge < -0.3 is 16.0 Å². The second-order valence-corrected chi connectivity index (χ2v) is 9.44. The van der Waals surface area contributed by atoms with Crippen molar-refractivity contribution in [3.8, 4) is 0 Å². The molecule has 0 saturated heterocycles. The van der Waals surface area contributed by atoms with E-state index >= 15 is 0 Å². The van der Waals surface area contributed by atoms with Crippen LogP contribution in [-0.2, 0) is 4.79 Å². The minimum absolute atomic E-state index is 0.0625. The van der Waals surface area contributed by atoms with Gasteiger partial charge in [0.15, 0.2) is 5.78 Å². The molecule has 1 aliphatic heterocycles. The fraction of sp³-hybridized carbons (Fsp3) is 0.286. The average molecular weight is 410 g/mol. The van der Waals surface area contributed by atoms with Crippen LogP contribution < -0.4 is 16.7 Å². The first-order valence-corrected chi connectivity index (χ1v) is 10.2. The molecule has 29 heavy (non-hydrogen) atoms. The number of nitrogens with zero attached hydrogens (tertiary/aromatic N) is 1. The average Bonchev–Trinajstić information content (AvgIpc) is 2.98. The van der Waals surface area contributed by atoms with Crippen molar-refractivity contribution < 1.29 is 9.18 Å². The zero-order valence-electron chi connectivity index (χ0n) is 15.9. The summed E-state index contributed by atoms with van der Waals surface area (Å²) in [6.07, 6.45) is 1.16. The van der Waals surface area contributed by atoms with E-state index in [1.54, 1.807) is 12.1 Å². The molecule has 0 bridgehead atoms. The van der Waals surface area contributed by atoms with E-state index in [0.717, 1.165) is 28.2 Å². The molecule has 0 spiro atoms. The molecule has 2 aromatic heterocycles. The number of aromatic amines is 1. The first-order chi connectivity index (χ1) is 13.7. The first-order valence-electron chi connectivity index (χ1n) is 9.34. The number of rotatable bonds is 1. The lowest BCUT2D eigenvalue weighted by Gasteiger charge is -2.38. The molecule has 0 fully saturated rings. The van der Waals surface area contributed by atoms with Crippen molar-refractivity contribution in [1.82, 2.24) is 9.97 Å². The number of nitrogens with one attached hydrogen (secondary N) is 2. The lowest BCUT2D eigenvalue weighted by Crippen LogP contribution is -2.33. The van der Waals surface area contributed by atoms with Gasteiger partial charge in [0.2, 0.25) is 0 Å². The molecule has 0 radical (unpaired) electrons. The molecular formula is C21H19FN4O2S. The van der Waals surface area contributed by atoms with E-state index in [2.05, 4.69) is 29.1 Å². The monoisotopic (exact) mass is 410 g/mol. The summed E-state index contributed by atoms with van der Waals surface area (Å²) in [5.41, 5.74) is 9.04. The fourth-order valence-corrected chi connectivity index (χ4v) is 5.58. The molecule has 4 N–H and O–H groups in total. The summed E-state index contributed by atoms with van der Waals surface area (Å²) >= 11 is 1.41. The number of anilines is 2. The Morgan fingerprint density at radius 1 is 1.21 bits per heavy atom. The summed E-state index contributed by atoms with van der Waals surface area (Å²) in [4.78, 5) is 31.8. The number of benzene rings is 1. The van der Waals surface area contributed by atoms with E-state index < -0.39 is 11.6 Å². The Labute approximate surface area is 169 Å². The van der Waals surface area contributed by atoms with Gasteiger partial charge in [0.1, 0.15) is 11.6 Å². The number of ketones is 1. The maximum atomic E-state index is 13.6. The number of Topliss-reactive ketones (excluding diaryl/α,β-unsaturated/α-hetero) is 1. The summed E-state index contributed by atoms with van der Waals surface area (Å²) in [6.45, 7) is 4.15. The van der Waals surface area contributed by atoms with E-state index in [-0.39, 0.29) is 22.8 Å². The summed E-state index contributed by atoms with van der Waals surface area (Å²) in [6, 6.07) is 6.17. The largest absolute Gasteiger partial charge is 0.382 e. The highest BCUT2D eigenvalue weighted by atomic mass is 32.1. The number of hydrogen-bond acceptors (Lipinski definition) is 6. The molecule has 6 nitrogen and oxygen atoms in total. The summed E-state index contributed by atoms with van der Waals surface area (Å²) in [7, 11) is 0. The Kier molecular flexibility index (Phi) is 3.73. The zero-order chi connectivity index (χ0) is 20.5. The van der Waals surface area contributed by atoms with Crippen LogP contribution in [0.1, 0.15) is 43.7 Å². The zero-order valence-corrected chi connectivity index (χ0v) is 16.7. The highest BCUT2D eigenvalue weighted by molar-refractivity contribution is 7.23. The minimum atomic E-state index is -0.538. The highest BCUT2D eigenvalue weighted by Gasteiger charge is 2.42. The van der Waals surface area contributed by atoms with E-state index in [0.29, 0.717) is 22.2 Å². The number of carbonyl (C=O) groups is 1. The molecule has 1 atom stereocenters. The van der Waals surface area contributed by atoms with Crippen molar-refractivity contribution in [3.63, 3.8) is 0 Å². The predicted molar refractivity (Wildman–Crippen MR) is 112 cm³/mol. The number of thiophene rings is 1. The maximum Gasteiger partial charge on any atom is 0.347 e. The van der Waals surface area contributed by atoms with Gasteiger partial charge in [-0.1, -0.05) is 26.0 Å². The van der Waals surface area contributed by atoms with Gasteiger partial charge in [-0.2, -0.15) is 4.98 Å². The summed E-state index contributed by atoms with van der Waals surface area (Å²) < 4.78 is 14.3. The molecule has 3 heterocycles. The van der Waals surface area contributed by atoms with Gasteiger partial charge in [0, 0.05) is 29.2 Å². The fourth-order valence-electron chi connectivity index (χ4n) is 4.46. The number of nitrogen functional groups attached to an aromatic ring is 1. The van der Waals surface area contributed by atoms with Crippen LogP contribution in [0.25, 0.3) is 10.2 Å². The summed E-state index contributed by atoms with van der Waals surface area (Å²) in [5.74, 6) is -0.526. The second kappa shape index (κ2) is 6.00. The van der Waals surface area contributed by atoms with Crippen LogP contribution >= 0.6 is 11.3 Å². The first kappa shape index (κ1) is 18.1. The van der Waals surface area contributed by atoms with Crippen molar-refractivity contribution in [2.75, 3.05) is 11.1 Å². The van der Waals surface area contributed by atoms with E-state index in [1.165, 1.54) is 23.5 Å². The van der Waals surface area contributed by atoms with E-state index in [9.17, 15) is 14.0 Å². The van der Waals surface area contributed by atoms with E-state index in [4.69, 9.17) is 5.73 Å². The van der Waals surface area contributed by atoms with Crippen molar-refractivity contribution in [1.29, 1.82) is 0 Å². The number of carbonyl (C=O) groups excluding carboxylic acids is 1. The SMILES string of the molecule is CC1(C)CC(=O)C2=C(C1)Nc1sc3c(N)nc(=O)[nH]c3c1C2c1ccc(F)cc1. The van der Waals surface area contributed by atoms with Crippen LogP contribution in [0.3, 0.4) is 0 Å². The third kappa shape index (κ3) is 2.78. The lowest BCUT2D eigenvalue weighted by atomic mass is 9.69. The summed E-state index contributed by atoms with van der Waals surface area (Å²) in [5, 5.41) is 4.26. The number of halogens is 1. The van der Waals surface area contributed by atoms with Gasteiger partial charge in [-0.15, -0.1) is 11.3 Å². The standard InChI is InChI=1S/C21H19FN4O2S/c1-21(2)7-11-14(12(27)8-21)13(9-3-5-10(22)6-4-9)15-16-17(29-19(15)24-11)18(23)26-20(28)25-16/h3-6,13,24H,7-8H2,1-2H3,(H3,23,25,26,28). The topological polar surface area (TPSA) is 101 Å². The molecule has 1 aliphatic carbocycles. The van der Waals surface area contributed by atoms with Crippen LogP contribution in [0.2, 0.25) is 0 Å². The Morgan fingerprint density at radius 3 is 2.66 bits per heavy atom. The number of aromatic nitrogens is 2. The van der Waals surface area contributed by atoms with Gasteiger partial charge in [-0.3, -0.25) is 4.79 Å². The molecular weight excluding hydrogens is 391 g/mol. The number of hydrogen-bond donors (Lipinski definition) is 3. The number of nitrogens with two attached hydrogens (primary N) is 1. The predicted octanol–water partition coefficient (Wildman–Crippen LogP) is 3.91. The molecule has 1 unspecified atom stereocenters. The minimum Gasteiger partial charge on any atom is -0.382 e. The molecule has 1 aromatic carbocycles. The Morgan fingerprint density at radius 2 is 1.93 bits per heavy atom. The van der Waals surface area contributed by atoms with Crippen LogP contribution in [0.15, 0.2) is 40.3 Å². The molecule has 0 amide bonds. The maximum absolute atomic E-state index is 13.6. The van der Waals surface area contributed by atoms with Gasteiger partial charge in [-0.05, 0) is 29.5 Å². The Hall–Kier alpha value is -3.00. The second-order valence-electron chi connectivity index (χ2n) is 8.42. The van der Waals surface area contributed by atoms with Crippen molar-refractivity contribution in [2.45, 2.75) is 32.6 Å². The third-order valence-corrected chi connectivity index (χ3v) is 6.74. The van der Waals surface area contributed by atoms with E-state index in [1.807, 2.05) is 0 Å². The van der Waals surface area contributed by atoms with Gasteiger partial charge in [0.05, 0.1) is 15.2 Å². The number of H-pyrrole nitrogens is 1. The highest BCUT2D eigenvalue weighted by Crippen LogP contribution is 2.53. The van der Waals surface area contributed by atoms with Crippen molar-refractivity contribution >= 4 is 38.2 Å². The van der Waals surface area contributed by atoms with Gasteiger partial charge >= 0.3 is 5.69 Å². The quantitative estimate of drug-likeness (QED) is 0.565. The third-order valence-electron chi connectivity index (χ3n) is 5.60. The van der Waals surface area contributed by atoms with Crippen molar-refractivity contribution in [3.05, 3.63) is 63.0 Å². The van der Waals surface area contributed by atoms with Crippen LogP contribution in [0.4, 0.5) is 15.2 Å². The smallest absolute Gasteiger partial charge is 0.347 e. The molecule has 3 aromatic rings. The number of allylic oxidation sites excluding steroid dienone is 2. The molecule has 2 aliphatic rings. The molecule has 8 heteroatoms. The van der Waals surface area contributed by atoms with Crippen LogP contribution in [-0.4, -0.2) is 15.8 Å². The number of fused-ring (bicyclic) bond motifs is 3. The Bertz CT molecular complexity index is 1270. The van der Waals surface area contributed by atoms with Gasteiger partial charge in [-0.25, -0.2) is 9.18 Å². The van der Waals surface area contributed by atoms with Crippen molar-refractivity contribution in [2.24, 2.45) is 5.41 Å². The normalized spacial score (nSPS) is 20.4. The molecule has 148 valence electrons. The molecule has 5 rings (SSSR count). The van der Waals surface area contributed by atoms with Gasteiger partial charge in [0.25, 0.3) is 0 Å². The van der Waals surface area contributed by atoms with Crippen LogP contribution in [0, 0.1) is 11.2 Å². The Balaban J connectivity index is 1.83. The lowest BCUT2D eigenvalue weighted by molar-refractivity contribution is -0.118. The van der Waals surface area contributed by atoms with Crippen LogP contribution in [0.5, 0.6) is 0 Å².